The van der Waals surface area contributed by atoms with Gasteiger partial charge in [-0.2, -0.15) is 0 Å². The summed E-state index contributed by atoms with van der Waals surface area (Å²) in [6.45, 7) is 5.44. The number of rotatable bonds is 4. The first kappa shape index (κ1) is 18.8. The predicted molar refractivity (Wildman–Crippen MR) is 107 cm³/mol. The van der Waals surface area contributed by atoms with Crippen LogP contribution in [0.2, 0.25) is 5.02 Å². The minimum Gasteiger partial charge on any atom is -0.444 e. The number of aromatic nitrogens is 1. The van der Waals surface area contributed by atoms with Crippen molar-refractivity contribution in [1.29, 1.82) is 0 Å². The highest BCUT2D eigenvalue weighted by atomic mass is 35.5. The third-order valence-electron chi connectivity index (χ3n) is 3.42. The molecule has 0 fully saturated rings. The topological polar surface area (TPSA) is 76.4 Å². The number of halogens is 1. The first-order valence-electron chi connectivity index (χ1n) is 8.37. The SMILES string of the molecule is CC(C)(C)OC(=O)Nc1ccc(Nc2ncc(-c3ccc(Cl)cc3)o2)cc1. The predicted octanol–water partition coefficient (Wildman–Crippen LogP) is 6.09. The van der Waals surface area contributed by atoms with E-state index in [-0.39, 0.29) is 0 Å². The molecule has 0 saturated carbocycles. The van der Waals surface area contributed by atoms with Crippen molar-refractivity contribution in [2.45, 2.75) is 26.4 Å². The van der Waals surface area contributed by atoms with E-state index >= 15 is 0 Å². The Morgan fingerprint density at radius 2 is 1.67 bits per heavy atom. The van der Waals surface area contributed by atoms with Crippen molar-refractivity contribution in [1.82, 2.24) is 4.98 Å². The second-order valence-electron chi connectivity index (χ2n) is 6.87. The summed E-state index contributed by atoms with van der Waals surface area (Å²) in [6, 6.07) is 14.8. The maximum absolute atomic E-state index is 11.8. The van der Waals surface area contributed by atoms with Gasteiger partial charge in [0.1, 0.15) is 5.60 Å². The fourth-order valence-corrected chi connectivity index (χ4v) is 2.39. The van der Waals surface area contributed by atoms with Crippen molar-refractivity contribution in [3.8, 4) is 11.3 Å². The Balaban J connectivity index is 1.62. The molecular weight excluding hydrogens is 366 g/mol. The smallest absolute Gasteiger partial charge is 0.412 e. The molecule has 0 aliphatic heterocycles. The zero-order valence-corrected chi connectivity index (χ0v) is 16.0. The number of carbonyl (C=O) groups excluding carboxylic acids is 1. The molecular formula is C20H20ClN3O3. The Hall–Kier alpha value is -2.99. The van der Waals surface area contributed by atoms with E-state index in [4.69, 9.17) is 20.8 Å². The molecule has 140 valence electrons. The van der Waals surface area contributed by atoms with Crippen molar-refractivity contribution in [2.75, 3.05) is 10.6 Å². The van der Waals surface area contributed by atoms with Gasteiger partial charge in [0.05, 0.1) is 6.20 Å². The van der Waals surface area contributed by atoms with E-state index in [1.807, 2.05) is 32.9 Å². The molecule has 0 atom stereocenters. The lowest BCUT2D eigenvalue weighted by Gasteiger charge is -2.19. The van der Waals surface area contributed by atoms with Gasteiger partial charge in [-0.25, -0.2) is 9.78 Å². The Bertz CT molecular complexity index is 913. The van der Waals surface area contributed by atoms with Crippen LogP contribution in [-0.4, -0.2) is 16.7 Å². The van der Waals surface area contributed by atoms with Crippen molar-refractivity contribution < 1.29 is 13.9 Å². The van der Waals surface area contributed by atoms with Crippen LogP contribution in [0, 0.1) is 0 Å². The summed E-state index contributed by atoms with van der Waals surface area (Å²) in [7, 11) is 0. The van der Waals surface area contributed by atoms with E-state index in [1.54, 1.807) is 42.6 Å². The quantitative estimate of drug-likeness (QED) is 0.568. The number of amides is 1. The number of hydrogen-bond acceptors (Lipinski definition) is 5. The van der Waals surface area contributed by atoms with Crippen LogP contribution in [0.4, 0.5) is 22.2 Å². The summed E-state index contributed by atoms with van der Waals surface area (Å²) in [5.74, 6) is 0.636. The molecule has 0 aliphatic carbocycles. The zero-order chi connectivity index (χ0) is 19.4. The van der Waals surface area contributed by atoms with Gasteiger partial charge in [0, 0.05) is 22.0 Å². The number of nitrogens with one attached hydrogen (secondary N) is 2. The molecule has 0 unspecified atom stereocenters. The third-order valence-corrected chi connectivity index (χ3v) is 3.67. The molecule has 0 spiro atoms. The molecule has 27 heavy (non-hydrogen) atoms. The van der Waals surface area contributed by atoms with Crippen molar-refractivity contribution in [3.05, 3.63) is 59.8 Å². The van der Waals surface area contributed by atoms with E-state index in [1.165, 1.54) is 0 Å². The molecule has 3 aromatic rings. The average Bonchev–Trinajstić information content (AvgIpc) is 3.04. The Morgan fingerprint density at radius 3 is 2.30 bits per heavy atom. The van der Waals surface area contributed by atoms with Crippen LogP contribution in [0.1, 0.15) is 20.8 Å². The van der Waals surface area contributed by atoms with Crippen LogP contribution in [0.3, 0.4) is 0 Å². The molecule has 1 aromatic heterocycles. The molecule has 2 aromatic carbocycles. The molecule has 0 aliphatic rings. The molecule has 0 saturated heterocycles. The van der Waals surface area contributed by atoms with Crippen LogP contribution >= 0.6 is 11.6 Å². The highest BCUT2D eigenvalue weighted by molar-refractivity contribution is 6.30. The van der Waals surface area contributed by atoms with E-state index in [2.05, 4.69) is 15.6 Å². The minimum absolute atomic E-state index is 0.368. The maximum Gasteiger partial charge on any atom is 0.412 e. The number of hydrogen-bond donors (Lipinski definition) is 2. The first-order valence-corrected chi connectivity index (χ1v) is 8.75. The van der Waals surface area contributed by atoms with Gasteiger partial charge in [0.2, 0.25) is 0 Å². The van der Waals surface area contributed by atoms with E-state index in [0.29, 0.717) is 22.5 Å². The van der Waals surface area contributed by atoms with Crippen LogP contribution in [0.25, 0.3) is 11.3 Å². The molecule has 0 bridgehead atoms. The average molecular weight is 386 g/mol. The normalized spacial score (nSPS) is 11.1. The Morgan fingerprint density at radius 1 is 1.04 bits per heavy atom. The molecule has 6 nitrogen and oxygen atoms in total. The van der Waals surface area contributed by atoms with Gasteiger partial charge in [0.25, 0.3) is 6.01 Å². The van der Waals surface area contributed by atoms with E-state index in [9.17, 15) is 4.79 Å². The number of oxazole rings is 1. The summed E-state index contributed by atoms with van der Waals surface area (Å²) in [5.41, 5.74) is 1.74. The zero-order valence-electron chi connectivity index (χ0n) is 15.2. The van der Waals surface area contributed by atoms with Crippen molar-refractivity contribution in [3.63, 3.8) is 0 Å². The standard InChI is InChI=1S/C20H20ClN3O3/c1-20(2,3)27-19(25)24-16-10-8-15(9-11-16)23-18-22-12-17(26-18)13-4-6-14(21)7-5-13/h4-12H,1-3H3,(H,22,23)(H,24,25). The highest BCUT2D eigenvalue weighted by Gasteiger charge is 2.16. The first-order chi connectivity index (χ1) is 12.8. The third kappa shape index (κ3) is 5.49. The van der Waals surface area contributed by atoms with Gasteiger partial charge in [-0.3, -0.25) is 5.32 Å². The lowest BCUT2D eigenvalue weighted by atomic mass is 10.2. The summed E-state index contributed by atoms with van der Waals surface area (Å²) >= 11 is 5.89. The highest BCUT2D eigenvalue weighted by Crippen LogP contribution is 2.26. The number of carbonyl (C=O) groups is 1. The fraction of sp³-hybridized carbons (Fsp3) is 0.200. The van der Waals surface area contributed by atoms with Crippen LogP contribution in [0.5, 0.6) is 0 Å². The van der Waals surface area contributed by atoms with Gasteiger partial charge in [-0.05, 0) is 69.3 Å². The maximum atomic E-state index is 11.8. The second kappa shape index (κ2) is 7.72. The second-order valence-corrected chi connectivity index (χ2v) is 7.30. The summed E-state index contributed by atoms with van der Waals surface area (Å²) in [6.07, 6.45) is 1.15. The van der Waals surface area contributed by atoms with Crippen molar-refractivity contribution >= 4 is 35.1 Å². The molecule has 1 heterocycles. The number of benzene rings is 2. The van der Waals surface area contributed by atoms with Crippen LogP contribution in [0.15, 0.2) is 59.1 Å². The van der Waals surface area contributed by atoms with E-state index in [0.717, 1.165) is 11.3 Å². The van der Waals surface area contributed by atoms with Gasteiger partial charge in [-0.15, -0.1) is 0 Å². The Kier molecular flexibility index (Phi) is 5.37. The lowest BCUT2D eigenvalue weighted by molar-refractivity contribution is 0.0636. The van der Waals surface area contributed by atoms with Gasteiger partial charge >= 0.3 is 6.09 Å². The minimum atomic E-state index is -0.543. The van der Waals surface area contributed by atoms with Gasteiger partial charge < -0.3 is 14.5 Å². The van der Waals surface area contributed by atoms with Gasteiger partial charge in [0.15, 0.2) is 5.76 Å². The molecule has 2 N–H and O–H groups in total. The lowest BCUT2D eigenvalue weighted by Crippen LogP contribution is -2.27. The largest absolute Gasteiger partial charge is 0.444 e. The summed E-state index contributed by atoms with van der Waals surface area (Å²) in [5, 5.41) is 6.42. The van der Waals surface area contributed by atoms with Crippen LogP contribution < -0.4 is 10.6 Å². The van der Waals surface area contributed by atoms with Crippen LogP contribution in [-0.2, 0) is 4.74 Å². The van der Waals surface area contributed by atoms with Crippen molar-refractivity contribution in [2.24, 2.45) is 0 Å². The molecule has 0 radical (unpaired) electrons. The number of nitrogens with zero attached hydrogens (tertiary/aromatic N) is 1. The molecule has 3 rings (SSSR count). The van der Waals surface area contributed by atoms with E-state index < -0.39 is 11.7 Å². The number of anilines is 3. The molecule has 7 heteroatoms. The van der Waals surface area contributed by atoms with Gasteiger partial charge in [-0.1, -0.05) is 11.6 Å². The molecule has 1 amide bonds. The summed E-state index contributed by atoms with van der Waals surface area (Å²) in [4.78, 5) is 16.0. The fourth-order valence-electron chi connectivity index (χ4n) is 2.26. The monoisotopic (exact) mass is 385 g/mol. The Labute approximate surface area is 162 Å². The summed E-state index contributed by atoms with van der Waals surface area (Å²) < 4.78 is 10.9. The number of ether oxygens (including phenoxy) is 1.